The summed E-state index contributed by atoms with van der Waals surface area (Å²) in [7, 11) is 0. The number of aromatic nitrogens is 1. The van der Waals surface area contributed by atoms with Crippen molar-refractivity contribution in [2.75, 3.05) is 13.2 Å². The van der Waals surface area contributed by atoms with E-state index in [-0.39, 0.29) is 18.4 Å². The number of benzene rings is 1. The second-order valence-corrected chi connectivity index (χ2v) is 6.25. The van der Waals surface area contributed by atoms with E-state index in [9.17, 15) is 9.59 Å². The summed E-state index contributed by atoms with van der Waals surface area (Å²) in [6.07, 6.45) is 5.92. The molecule has 0 spiro atoms. The number of nitrogens with one attached hydrogen (secondary N) is 3. The highest BCUT2D eigenvalue weighted by atomic mass is 16.3. The Hall–Kier alpha value is -2.34. The van der Waals surface area contributed by atoms with Crippen LogP contribution in [0, 0.1) is 0 Å². The molecule has 0 aliphatic heterocycles. The Morgan fingerprint density at radius 3 is 2.68 bits per heavy atom. The lowest BCUT2D eigenvalue weighted by Gasteiger charge is -2.17. The molecule has 0 fully saturated rings. The van der Waals surface area contributed by atoms with Gasteiger partial charge in [-0.05, 0) is 24.5 Å². The van der Waals surface area contributed by atoms with E-state index in [4.69, 9.17) is 5.11 Å². The van der Waals surface area contributed by atoms with Crippen molar-refractivity contribution in [1.29, 1.82) is 0 Å². The zero-order valence-corrected chi connectivity index (χ0v) is 14.7. The van der Waals surface area contributed by atoms with Crippen molar-refractivity contribution >= 4 is 22.7 Å². The average Bonchev–Trinajstić information content (AvgIpc) is 3.00. The van der Waals surface area contributed by atoms with Crippen molar-refractivity contribution < 1.29 is 14.7 Å². The molecule has 0 bridgehead atoms. The number of rotatable bonds is 10. The van der Waals surface area contributed by atoms with Crippen LogP contribution >= 0.6 is 0 Å². The largest absolute Gasteiger partial charge is 0.396 e. The van der Waals surface area contributed by atoms with Crippen LogP contribution in [0.15, 0.2) is 30.5 Å². The Morgan fingerprint density at radius 1 is 1.16 bits per heavy atom. The Labute approximate surface area is 148 Å². The molecule has 1 unspecified atom stereocenters. The molecule has 0 saturated carbocycles. The predicted octanol–water partition coefficient (Wildman–Crippen LogP) is 1.88. The molecule has 1 aromatic heterocycles. The lowest BCUT2D eigenvalue weighted by molar-refractivity contribution is -0.128. The molecule has 136 valence electrons. The number of aliphatic hydroxyl groups excluding tert-OH is 1. The molecule has 1 aromatic carbocycles. The highest BCUT2D eigenvalue weighted by Gasteiger charge is 2.21. The van der Waals surface area contributed by atoms with Gasteiger partial charge < -0.3 is 20.7 Å². The van der Waals surface area contributed by atoms with Crippen molar-refractivity contribution in [3.05, 3.63) is 36.0 Å². The molecule has 6 heteroatoms. The van der Waals surface area contributed by atoms with Gasteiger partial charge in [0.1, 0.15) is 6.04 Å². The van der Waals surface area contributed by atoms with Gasteiger partial charge in [0.05, 0.1) is 0 Å². The lowest BCUT2D eigenvalue weighted by atomic mass is 10.0. The molecular weight excluding hydrogens is 318 g/mol. The van der Waals surface area contributed by atoms with E-state index in [2.05, 4.69) is 15.6 Å². The van der Waals surface area contributed by atoms with Crippen LogP contribution in [0.2, 0.25) is 0 Å². The lowest BCUT2D eigenvalue weighted by Crippen LogP contribution is -2.47. The summed E-state index contributed by atoms with van der Waals surface area (Å²) >= 11 is 0. The number of unbranched alkanes of at least 4 members (excludes halogenated alkanes) is 3. The Balaban J connectivity index is 1.93. The van der Waals surface area contributed by atoms with Crippen LogP contribution in [-0.4, -0.2) is 41.1 Å². The normalized spacial score (nSPS) is 12.1. The van der Waals surface area contributed by atoms with E-state index in [1.54, 1.807) is 0 Å². The third-order valence-electron chi connectivity index (χ3n) is 4.18. The van der Waals surface area contributed by atoms with E-state index in [0.717, 1.165) is 42.1 Å². The first kappa shape index (κ1) is 19.0. The molecule has 1 heterocycles. The maximum Gasteiger partial charge on any atom is 0.242 e. The second kappa shape index (κ2) is 9.84. The van der Waals surface area contributed by atoms with Crippen LogP contribution in [-0.2, 0) is 16.0 Å². The number of hydrogen-bond acceptors (Lipinski definition) is 3. The Bertz CT molecular complexity index is 696. The first-order valence-electron chi connectivity index (χ1n) is 8.82. The van der Waals surface area contributed by atoms with Gasteiger partial charge in [-0.3, -0.25) is 9.59 Å². The maximum absolute atomic E-state index is 12.5. The van der Waals surface area contributed by atoms with Gasteiger partial charge in [-0.15, -0.1) is 0 Å². The molecule has 4 N–H and O–H groups in total. The van der Waals surface area contributed by atoms with Gasteiger partial charge in [0.25, 0.3) is 0 Å². The summed E-state index contributed by atoms with van der Waals surface area (Å²) in [4.78, 5) is 27.1. The van der Waals surface area contributed by atoms with E-state index in [1.807, 2.05) is 30.5 Å². The molecule has 2 aromatic rings. The van der Waals surface area contributed by atoms with Gasteiger partial charge in [-0.1, -0.05) is 31.0 Å². The van der Waals surface area contributed by atoms with E-state index in [1.165, 1.54) is 6.92 Å². The maximum atomic E-state index is 12.5. The smallest absolute Gasteiger partial charge is 0.242 e. The number of H-pyrrole nitrogens is 1. The van der Waals surface area contributed by atoms with Gasteiger partial charge in [0, 0.05) is 43.6 Å². The highest BCUT2D eigenvalue weighted by Crippen LogP contribution is 2.19. The minimum absolute atomic E-state index is 0.164. The number of aliphatic hydroxyl groups is 1. The van der Waals surface area contributed by atoms with Crippen LogP contribution in [0.25, 0.3) is 10.9 Å². The van der Waals surface area contributed by atoms with Gasteiger partial charge in [-0.25, -0.2) is 0 Å². The van der Waals surface area contributed by atoms with Gasteiger partial charge >= 0.3 is 0 Å². The van der Waals surface area contributed by atoms with Crippen LogP contribution in [0.3, 0.4) is 0 Å². The van der Waals surface area contributed by atoms with Crippen molar-refractivity contribution in [3.8, 4) is 0 Å². The quantitative estimate of drug-likeness (QED) is 0.495. The fraction of sp³-hybridized carbons (Fsp3) is 0.474. The van der Waals surface area contributed by atoms with Crippen LogP contribution in [0.4, 0.5) is 0 Å². The highest BCUT2D eigenvalue weighted by molar-refractivity contribution is 5.89. The SMILES string of the molecule is CC(=O)NC(Cc1c[nH]c2ccccc12)C(=O)NCCCCCCO. The van der Waals surface area contributed by atoms with Crippen LogP contribution in [0.1, 0.15) is 38.2 Å². The molecule has 2 amide bonds. The van der Waals surface area contributed by atoms with Crippen LogP contribution < -0.4 is 10.6 Å². The van der Waals surface area contributed by atoms with Crippen molar-refractivity contribution in [2.24, 2.45) is 0 Å². The van der Waals surface area contributed by atoms with Gasteiger partial charge in [-0.2, -0.15) is 0 Å². The van der Waals surface area contributed by atoms with E-state index >= 15 is 0 Å². The summed E-state index contributed by atoms with van der Waals surface area (Å²) in [5.41, 5.74) is 2.02. The van der Waals surface area contributed by atoms with Crippen molar-refractivity contribution in [3.63, 3.8) is 0 Å². The minimum atomic E-state index is -0.589. The fourth-order valence-corrected chi connectivity index (χ4v) is 2.90. The van der Waals surface area contributed by atoms with E-state index < -0.39 is 6.04 Å². The predicted molar refractivity (Wildman–Crippen MR) is 98.2 cm³/mol. The topological polar surface area (TPSA) is 94.2 Å². The van der Waals surface area contributed by atoms with Crippen molar-refractivity contribution in [1.82, 2.24) is 15.6 Å². The summed E-state index contributed by atoms with van der Waals surface area (Å²) in [6.45, 7) is 2.21. The summed E-state index contributed by atoms with van der Waals surface area (Å²) in [5.74, 6) is -0.384. The Morgan fingerprint density at radius 2 is 1.92 bits per heavy atom. The summed E-state index contributed by atoms with van der Waals surface area (Å²) in [5, 5.41) is 15.5. The molecule has 6 nitrogen and oxygen atoms in total. The first-order valence-corrected chi connectivity index (χ1v) is 8.82. The summed E-state index contributed by atoms with van der Waals surface area (Å²) < 4.78 is 0. The number of aromatic amines is 1. The number of hydrogen-bond donors (Lipinski definition) is 4. The molecular formula is C19H27N3O3. The van der Waals surface area contributed by atoms with Gasteiger partial charge in [0.15, 0.2) is 0 Å². The molecule has 0 saturated heterocycles. The summed E-state index contributed by atoms with van der Waals surface area (Å²) in [6, 6.07) is 7.31. The minimum Gasteiger partial charge on any atom is -0.396 e. The average molecular weight is 345 g/mol. The van der Waals surface area contributed by atoms with Crippen molar-refractivity contribution in [2.45, 2.75) is 45.1 Å². The molecule has 25 heavy (non-hydrogen) atoms. The number of carbonyl (C=O) groups excluding carboxylic acids is 2. The fourth-order valence-electron chi connectivity index (χ4n) is 2.90. The first-order chi connectivity index (χ1) is 12.1. The Kier molecular flexibility index (Phi) is 7.47. The molecule has 1 atom stereocenters. The molecule has 0 radical (unpaired) electrons. The number of para-hydroxylation sites is 1. The molecule has 0 aliphatic carbocycles. The number of amides is 2. The van der Waals surface area contributed by atoms with Crippen LogP contribution in [0.5, 0.6) is 0 Å². The monoisotopic (exact) mass is 345 g/mol. The molecule has 0 aliphatic rings. The number of carbonyl (C=O) groups is 2. The third kappa shape index (κ3) is 5.90. The standard InChI is InChI=1S/C19H27N3O3/c1-14(24)22-18(19(25)20-10-6-2-3-7-11-23)12-15-13-21-17-9-5-4-8-16(15)17/h4-5,8-9,13,18,21,23H,2-3,6-7,10-12H2,1H3,(H,20,25)(H,22,24). The zero-order valence-electron chi connectivity index (χ0n) is 14.7. The number of fused-ring (bicyclic) bond motifs is 1. The zero-order chi connectivity index (χ0) is 18.1. The second-order valence-electron chi connectivity index (χ2n) is 6.25. The molecule has 2 rings (SSSR count). The van der Waals surface area contributed by atoms with Gasteiger partial charge in [0.2, 0.25) is 11.8 Å². The van der Waals surface area contributed by atoms with E-state index in [0.29, 0.717) is 13.0 Å². The third-order valence-corrected chi connectivity index (χ3v) is 4.18.